The summed E-state index contributed by atoms with van der Waals surface area (Å²) in [4.78, 5) is 14.6. The number of likely N-dealkylation sites (tertiary alicyclic amines) is 1. The van der Waals surface area contributed by atoms with Crippen molar-refractivity contribution in [1.29, 1.82) is 0 Å². The molecule has 3 atom stereocenters. The van der Waals surface area contributed by atoms with Gasteiger partial charge >= 0.3 is 0 Å². The number of piperidine rings is 2. The number of hydrogen-bond acceptors (Lipinski definition) is 4. The van der Waals surface area contributed by atoms with Crippen LogP contribution in [0.5, 0.6) is 0 Å². The number of carbonyl (C=O) groups is 1. The van der Waals surface area contributed by atoms with E-state index < -0.39 is 10.0 Å². The Kier molecular flexibility index (Phi) is 5.62. The third-order valence-electron chi connectivity index (χ3n) is 4.44. The van der Waals surface area contributed by atoms with Crippen molar-refractivity contribution >= 4 is 15.9 Å². The maximum absolute atomic E-state index is 12.6. The second kappa shape index (κ2) is 7.07. The highest BCUT2D eigenvalue weighted by Gasteiger charge is 2.31. The number of nitrogens with one attached hydrogen (secondary N) is 2. The first kappa shape index (κ1) is 16.7. The topological polar surface area (TPSA) is 78.5 Å². The molecule has 6 nitrogen and oxygen atoms in total. The van der Waals surface area contributed by atoms with Crippen LogP contribution in [-0.2, 0) is 14.8 Å². The van der Waals surface area contributed by atoms with Gasteiger partial charge in [-0.15, -0.1) is 0 Å². The molecule has 7 heteroatoms. The number of amides is 1. The first-order valence-electron chi connectivity index (χ1n) is 7.82. The summed E-state index contributed by atoms with van der Waals surface area (Å²) in [5.41, 5.74) is 0. The van der Waals surface area contributed by atoms with E-state index in [1.165, 1.54) is 6.26 Å². The molecule has 1 amide bonds. The molecule has 2 aliphatic rings. The number of nitrogens with zero attached hydrogens (tertiary/aromatic N) is 1. The summed E-state index contributed by atoms with van der Waals surface area (Å²) in [5, 5.41) is 3.37. The Morgan fingerprint density at radius 3 is 2.81 bits per heavy atom. The van der Waals surface area contributed by atoms with E-state index in [-0.39, 0.29) is 17.7 Å². The van der Waals surface area contributed by atoms with Crippen molar-refractivity contribution in [2.45, 2.75) is 38.6 Å². The summed E-state index contributed by atoms with van der Waals surface area (Å²) in [6.45, 7) is 4.95. The van der Waals surface area contributed by atoms with Crippen molar-refractivity contribution in [3.05, 3.63) is 0 Å². The molecular formula is C14H27N3O3S. The van der Waals surface area contributed by atoms with Crippen LogP contribution in [0, 0.1) is 11.8 Å². The standard InChI is InChI=1S/C14H27N3O3S/c1-11-8-13(5-6-15-11)14(18)17-7-3-4-12(10-17)9-16-21(2,19)20/h11-13,15-16H,3-10H2,1-2H3. The molecule has 0 aromatic rings. The average Bonchev–Trinajstić information content (AvgIpc) is 2.44. The van der Waals surface area contributed by atoms with Crippen molar-refractivity contribution < 1.29 is 13.2 Å². The predicted molar refractivity (Wildman–Crippen MR) is 82.3 cm³/mol. The number of rotatable bonds is 4. The highest BCUT2D eigenvalue weighted by Crippen LogP contribution is 2.23. The molecule has 3 unspecified atom stereocenters. The lowest BCUT2D eigenvalue weighted by Gasteiger charge is -2.37. The molecule has 0 aliphatic carbocycles. The molecule has 2 N–H and O–H groups in total. The van der Waals surface area contributed by atoms with Crippen molar-refractivity contribution in [2.75, 3.05) is 32.4 Å². The smallest absolute Gasteiger partial charge is 0.225 e. The third-order valence-corrected chi connectivity index (χ3v) is 5.13. The van der Waals surface area contributed by atoms with Crippen LogP contribution in [0.2, 0.25) is 0 Å². The highest BCUT2D eigenvalue weighted by atomic mass is 32.2. The summed E-state index contributed by atoms with van der Waals surface area (Å²) in [5.74, 6) is 0.617. The van der Waals surface area contributed by atoms with Crippen LogP contribution in [0.15, 0.2) is 0 Å². The van der Waals surface area contributed by atoms with Crippen LogP contribution in [0.1, 0.15) is 32.6 Å². The molecule has 2 aliphatic heterocycles. The van der Waals surface area contributed by atoms with Crippen molar-refractivity contribution in [3.8, 4) is 0 Å². The molecular weight excluding hydrogens is 290 g/mol. The maximum Gasteiger partial charge on any atom is 0.225 e. The molecule has 2 rings (SSSR count). The van der Waals surface area contributed by atoms with E-state index in [2.05, 4.69) is 17.0 Å². The van der Waals surface area contributed by atoms with E-state index in [1.807, 2.05) is 4.90 Å². The van der Waals surface area contributed by atoms with Gasteiger partial charge in [0.2, 0.25) is 15.9 Å². The molecule has 0 bridgehead atoms. The number of sulfonamides is 1. The second-order valence-corrected chi connectivity index (χ2v) is 8.32. The largest absolute Gasteiger partial charge is 0.342 e. The Morgan fingerprint density at radius 2 is 2.14 bits per heavy atom. The minimum atomic E-state index is -3.15. The van der Waals surface area contributed by atoms with Gasteiger partial charge in [0.15, 0.2) is 0 Å². The molecule has 0 spiro atoms. The highest BCUT2D eigenvalue weighted by molar-refractivity contribution is 7.88. The van der Waals surface area contributed by atoms with Gasteiger partial charge in [0.05, 0.1) is 6.26 Å². The summed E-state index contributed by atoms with van der Waals surface area (Å²) in [7, 11) is -3.15. The zero-order chi connectivity index (χ0) is 15.5. The zero-order valence-electron chi connectivity index (χ0n) is 13.0. The minimum Gasteiger partial charge on any atom is -0.342 e. The summed E-state index contributed by atoms with van der Waals surface area (Å²) < 4.78 is 24.9. The average molecular weight is 317 g/mol. The van der Waals surface area contributed by atoms with E-state index in [4.69, 9.17) is 0 Å². The minimum absolute atomic E-state index is 0.128. The maximum atomic E-state index is 12.6. The summed E-state index contributed by atoms with van der Waals surface area (Å²) >= 11 is 0. The molecule has 2 heterocycles. The van der Waals surface area contributed by atoms with Crippen LogP contribution < -0.4 is 10.0 Å². The Bertz CT molecular complexity index is 466. The molecule has 21 heavy (non-hydrogen) atoms. The lowest BCUT2D eigenvalue weighted by atomic mass is 9.90. The van der Waals surface area contributed by atoms with Crippen molar-refractivity contribution in [2.24, 2.45) is 11.8 Å². The van der Waals surface area contributed by atoms with E-state index in [0.29, 0.717) is 19.1 Å². The van der Waals surface area contributed by atoms with Gasteiger partial charge in [-0.2, -0.15) is 0 Å². The van der Waals surface area contributed by atoms with Gasteiger partial charge < -0.3 is 10.2 Å². The zero-order valence-corrected chi connectivity index (χ0v) is 13.8. The second-order valence-electron chi connectivity index (χ2n) is 6.49. The van der Waals surface area contributed by atoms with Crippen LogP contribution in [-0.4, -0.2) is 57.7 Å². The Hall–Kier alpha value is -0.660. The van der Waals surface area contributed by atoms with Gasteiger partial charge in [0, 0.05) is 31.6 Å². The SMILES string of the molecule is CC1CC(C(=O)N2CCCC(CNS(C)(=O)=O)C2)CCN1. The number of carbonyl (C=O) groups excluding carboxylic acids is 1. The van der Waals surface area contributed by atoms with Crippen LogP contribution >= 0.6 is 0 Å². The monoisotopic (exact) mass is 317 g/mol. The molecule has 2 fully saturated rings. The van der Waals surface area contributed by atoms with E-state index in [1.54, 1.807) is 0 Å². The van der Waals surface area contributed by atoms with Gasteiger partial charge in [-0.05, 0) is 45.1 Å². The summed E-state index contributed by atoms with van der Waals surface area (Å²) in [6, 6.07) is 0.403. The normalized spacial score (nSPS) is 31.1. The quantitative estimate of drug-likeness (QED) is 0.774. The van der Waals surface area contributed by atoms with Crippen molar-refractivity contribution in [3.63, 3.8) is 0 Å². The summed E-state index contributed by atoms with van der Waals surface area (Å²) in [6.07, 6.45) is 4.93. The Balaban J connectivity index is 1.86. The van der Waals surface area contributed by atoms with Gasteiger partial charge in [-0.1, -0.05) is 0 Å². The number of hydrogen-bond donors (Lipinski definition) is 2. The fourth-order valence-corrected chi connectivity index (χ4v) is 3.85. The van der Waals surface area contributed by atoms with E-state index >= 15 is 0 Å². The van der Waals surface area contributed by atoms with Gasteiger partial charge in [0.1, 0.15) is 0 Å². The fraction of sp³-hybridized carbons (Fsp3) is 0.929. The molecule has 122 valence electrons. The molecule has 0 radical (unpaired) electrons. The fourth-order valence-electron chi connectivity index (χ4n) is 3.32. The lowest BCUT2D eigenvalue weighted by molar-refractivity contribution is -0.138. The van der Waals surface area contributed by atoms with Gasteiger partial charge in [0.25, 0.3) is 0 Å². The van der Waals surface area contributed by atoms with Crippen LogP contribution in [0.3, 0.4) is 0 Å². The predicted octanol–water partition coefficient (Wildman–Crippen LogP) is 0.162. The molecule has 0 aromatic heterocycles. The van der Waals surface area contributed by atoms with Crippen molar-refractivity contribution in [1.82, 2.24) is 14.9 Å². The Morgan fingerprint density at radius 1 is 1.38 bits per heavy atom. The Labute approximate surface area is 127 Å². The van der Waals surface area contributed by atoms with Crippen LogP contribution in [0.25, 0.3) is 0 Å². The van der Waals surface area contributed by atoms with Gasteiger partial charge in [-0.3, -0.25) is 4.79 Å². The van der Waals surface area contributed by atoms with Crippen LogP contribution in [0.4, 0.5) is 0 Å². The molecule has 0 saturated carbocycles. The molecule has 2 saturated heterocycles. The molecule has 0 aromatic carbocycles. The van der Waals surface area contributed by atoms with E-state index in [0.717, 1.165) is 38.8 Å². The lowest BCUT2D eigenvalue weighted by Crippen LogP contribution is -2.48. The first-order valence-corrected chi connectivity index (χ1v) is 9.71. The van der Waals surface area contributed by atoms with Gasteiger partial charge in [-0.25, -0.2) is 13.1 Å². The first-order chi connectivity index (χ1) is 9.85. The van der Waals surface area contributed by atoms with E-state index in [9.17, 15) is 13.2 Å². The third kappa shape index (κ3) is 5.23.